The number of carbonyl (C=O) groups excluding carboxylic acids is 1. The van der Waals surface area contributed by atoms with Crippen LogP contribution in [0.3, 0.4) is 0 Å². The quantitative estimate of drug-likeness (QED) is 0.878. The third kappa shape index (κ3) is 2.79. The molecule has 4 nitrogen and oxygen atoms in total. The lowest BCUT2D eigenvalue weighted by molar-refractivity contribution is -0.130. The molecular weight excluding hydrogens is 292 g/mol. The number of ether oxygens (including phenoxy) is 1. The monoisotopic (exact) mass is 306 g/mol. The van der Waals surface area contributed by atoms with Crippen LogP contribution in [0.15, 0.2) is 54.8 Å². The fourth-order valence-corrected chi connectivity index (χ4v) is 2.36. The Hall–Kier alpha value is -3.14. The van der Waals surface area contributed by atoms with Crippen molar-refractivity contribution in [2.75, 3.05) is 0 Å². The van der Waals surface area contributed by atoms with Crippen molar-refractivity contribution >= 4 is 23.4 Å². The topological polar surface area (TPSA) is 63.6 Å². The second-order valence-corrected chi connectivity index (χ2v) is 5.35. The molecule has 2 aromatic carbocycles. The lowest BCUT2D eigenvalue weighted by Gasteiger charge is -2.02. The van der Waals surface area contributed by atoms with Crippen LogP contribution in [0.2, 0.25) is 0 Å². The standard InChI is InChI=1S/C19H14O4/c1-11-3-8-16-15(9-11)18(20)17(23-16)10-13-4-6-14(7-5-13)12(2)19(21)22/h3-10H,2H2,1H3,(H,21,22)/b17-10-. The van der Waals surface area contributed by atoms with Gasteiger partial charge < -0.3 is 9.84 Å². The molecule has 23 heavy (non-hydrogen) atoms. The molecule has 0 aromatic heterocycles. The molecule has 1 aliphatic rings. The van der Waals surface area contributed by atoms with Gasteiger partial charge >= 0.3 is 5.97 Å². The van der Waals surface area contributed by atoms with Gasteiger partial charge in [0.15, 0.2) is 5.76 Å². The van der Waals surface area contributed by atoms with E-state index in [1.807, 2.05) is 13.0 Å². The molecule has 0 aliphatic carbocycles. The summed E-state index contributed by atoms with van der Waals surface area (Å²) in [6.07, 6.45) is 1.64. The molecule has 0 amide bonds. The molecule has 0 saturated carbocycles. The van der Waals surface area contributed by atoms with Crippen molar-refractivity contribution in [2.45, 2.75) is 6.92 Å². The zero-order valence-corrected chi connectivity index (χ0v) is 12.5. The van der Waals surface area contributed by atoms with E-state index in [1.54, 1.807) is 42.5 Å². The number of carbonyl (C=O) groups is 2. The minimum absolute atomic E-state index is 0.0280. The second kappa shape index (κ2) is 5.57. The minimum Gasteiger partial charge on any atom is -0.478 e. The van der Waals surface area contributed by atoms with Gasteiger partial charge in [-0.2, -0.15) is 0 Å². The molecule has 0 unspecified atom stereocenters. The first-order valence-electron chi connectivity index (χ1n) is 7.03. The van der Waals surface area contributed by atoms with Gasteiger partial charge in [-0.15, -0.1) is 0 Å². The maximum absolute atomic E-state index is 12.3. The molecular formula is C19H14O4. The highest BCUT2D eigenvalue weighted by Crippen LogP contribution is 2.32. The van der Waals surface area contributed by atoms with Crippen molar-refractivity contribution in [1.29, 1.82) is 0 Å². The van der Waals surface area contributed by atoms with Gasteiger partial charge in [0.1, 0.15) is 5.75 Å². The van der Waals surface area contributed by atoms with Crippen LogP contribution in [0.4, 0.5) is 0 Å². The highest BCUT2D eigenvalue weighted by Gasteiger charge is 2.27. The van der Waals surface area contributed by atoms with Gasteiger partial charge in [-0.1, -0.05) is 42.5 Å². The Kier molecular flexibility index (Phi) is 3.58. The number of Topliss-reactive ketones (excluding diaryl/α,β-unsaturated/α-hetero) is 1. The number of carboxylic acid groups (broad SMARTS) is 1. The molecule has 0 spiro atoms. The fourth-order valence-electron chi connectivity index (χ4n) is 2.36. The summed E-state index contributed by atoms with van der Waals surface area (Å²) in [6, 6.07) is 12.2. The molecule has 1 aliphatic heterocycles. The van der Waals surface area contributed by atoms with Crippen molar-refractivity contribution in [2.24, 2.45) is 0 Å². The Labute approximate surface area is 133 Å². The van der Waals surface area contributed by atoms with E-state index < -0.39 is 5.97 Å². The number of benzene rings is 2. The smallest absolute Gasteiger partial charge is 0.335 e. The van der Waals surface area contributed by atoms with Crippen molar-refractivity contribution in [1.82, 2.24) is 0 Å². The van der Waals surface area contributed by atoms with E-state index in [0.29, 0.717) is 16.9 Å². The van der Waals surface area contributed by atoms with Gasteiger partial charge in [0.2, 0.25) is 5.78 Å². The van der Waals surface area contributed by atoms with Gasteiger partial charge in [0.25, 0.3) is 0 Å². The van der Waals surface area contributed by atoms with E-state index in [2.05, 4.69) is 6.58 Å². The van der Waals surface area contributed by atoms with E-state index in [1.165, 1.54) is 0 Å². The van der Waals surface area contributed by atoms with E-state index in [-0.39, 0.29) is 17.1 Å². The lowest BCUT2D eigenvalue weighted by Crippen LogP contribution is -1.99. The minimum atomic E-state index is -1.06. The molecule has 2 aromatic rings. The number of hydrogen-bond acceptors (Lipinski definition) is 3. The summed E-state index contributed by atoms with van der Waals surface area (Å²) in [6.45, 7) is 5.43. The van der Waals surface area contributed by atoms with Crippen molar-refractivity contribution < 1.29 is 19.4 Å². The summed E-state index contributed by atoms with van der Waals surface area (Å²) in [4.78, 5) is 23.2. The Morgan fingerprint density at radius 3 is 2.52 bits per heavy atom. The maximum Gasteiger partial charge on any atom is 0.335 e. The molecule has 114 valence electrons. The molecule has 0 radical (unpaired) electrons. The molecule has 3 rings (SSSR count). The van der Waals surface area contributed by atoms with Crippen molar-refractivity contribution in [3.8, 4) is 5.75 Å². The fraction of sp³-hybridized carbons (Fsp3) is 0.0526. The molecule has 0 bridgehead atoms. The zero-order valence-electron chi connectivity index (χ0n) is 12.5. The van der Waals surface area contributed by atoms with E-state index in [0.717, 1.165) is 11.1 Å². The summed E-state index contributed by atoms with van der Waals surface area (Å²) in [5.41, 5.74) is 2.86. The number of hydrogen-bond donors (Lipinski definition) is 1. The number of carboxylic acids is 1. The van der Waals surface area contributed by atoms with Crippen LogP contribution in [0.25, 0.3) is 11.6 Å². The van der Waals surface area contributed by atoms with Crippen LogP contribution in [0.1, 0.15) is 27.0 Å². The molecule has 0 atom stereocenters. The summed E-state index contributed by atoms with van der Waals surface area (Å²) < 4.78 is 5.59. The van der Waals surface area contributed by atoms with Crippen molar-refractivity contribution in [3.63, 3.8) is 0 Å². The first-order valence-corrected chi connectivity index (χ1v) is 7.03. The number of rotatable bonds is 3. The largest absolute Gasteiger partial charge is 0.478 e. The van der Waals surface area contributed by atoms with E-state index in [4.69, 9.17) is 9.84 Å². The number of aliphatic carboxylic acids is 1. The van der Waals surface area contributed by atoms with E-state index in [9.17, 15) is 9.59 Å². The number of ketones is 1. The van der Waals surface area contributed by atoms with Crippen LogP contribution >= 0.6 is 0 Å². The third-order valence-corrected chi connectivity index (χ3v) is 3.64. The van der Waals surface area contributed by atoms with Gasteiger partial charge in [-0.3, -0.25) is 4.79 Å². The van der Waals surface area contributed by atoms with Crippen LogP contribution in [-0.2, 0) is 4.79 Å². The second-order valence-electron chi connectivity index (χ2n) is 5.35. The average Bonchev–Trinajstić information content (AvgIpc) is 2.83. The average molecular weight is 306 g/mol. The summed E-state index contributed by atoms with van der Waals surface area (Å²) in [5.74, 6) is -0.392. The van der Waals surface area contributed by atoms with Gasteiger partial charge in [0, 0.05) is 0 Å². The molecule has 4 heteroatoms. The normalized spacial score (nSPS) is 14.5. The Morgan fingerprint density at radius 2 is 1.87 bits per heavy atom. The highest BCUT2D eigenvalue weighted by atomic mass is 16.5. The van der Waals surface area contributed by atoms with Gasteiger partial charge in [-0.25, -0.2) is 4.79 Å². The van der Waals surface area contributed by atoms with Crippen LogP contribution in [0.5, 0.6) is 5.75 Å². The molecule has 1 N–H and O–H groups in total. The summed E-state index contributed by atoms with van der Waals surface area (Å²) in [5, 5.41) is 8.92. The molecule has 0 fully saturated rings. The van der Waals surface area contributed by atoms with Crippen LogP contribution in [0, 0.1) is 6.92 Å². The van der Waals surface area contributed by atoms with Crippen molar-refractivity contribution in [3.05, 3.63) is 77.1 Å². The maximum atomic E-state index is 12.3. The molecule has 1 heterocycles. The lowest BCUT2D eigenvalue weighted by atomic mass is 10.0. The first-order chi connectivity index (χ1) is 11.0. The summed E-state index contributed by atoms with van der Waals surface area (Å²) in [7, 11) is 0. The number of allylic oxidation sites excluding steroid dienone is 1. The van der Waals surface area contributed by atoms with Gasteiger partial charge in [-0.05, 0) is 36.3 Å². The Balaban J connectivity index is 1.87. The predicted octanol–water partition coefficient (Wildman–Crippen LogP) is 3.71. The highest BCUT2D eigenvalue weighted by molar-refractivity contribution is 6.15. The molecule has 0 saturated heterocycles. The zero-order chi connectivity index (χ0) is 16.6. The third-order valence-electron chi connectivity index (χ3n) is 3.64. The number of aryl methyl sites for hydroxylation is 1. The SMILES string of the molecule is C=C(C(=O)O)c1ccc(/C=C2\Oc3ccc(C)cc3C2=O)cc1. The Morgan fingerprint density at radius 1 is 1.17 bits per heavy atom. The number of fused-ring (bicyclic) bond motifs is 1. The predicted molar refractivity (Wildman–Crippen MR) is 87.2 cm³/mol. The first kappa shape index (κ1) is 14.8. The van der Waals surface area contributed by atoms with Crippen LogP contribution < -0.4 is 4.74 Å². The van der Waals surface area contributed by atoms with E-state index >= 15 is 0 Å². The Bertz CT molecular complexity index is 857. The van der Waals surface area contributed by atoms with Crippen LogP contribution in [-0.4, -0.2) is 16.9 Å². The summed E-state index contributed by atoms with van der Waals surface area (Å²) >= 11 is 0. The van der Waals surface area contributed by atoms with Gasteiger partial charge in [0.05, 0.1) is 11.1 Å².